The summed E-state index contributed by atoms with van der Waals surface area (Å²) in [6.45, 7) is 1.98. The number of H-pyrrole nitrogens is 1. The van der Waals surface area contributed by atoms with Gasteiger partial charge in [-0.2, -0.15) is 10.6 Å². The first-order valence-corrected chi connectivity index (χ1v) is 11.5. The molecule has 5 N–H and O–H groups in total. The number of carbonyl (C=O) groups is 1. The van der Waals surface area contributed by atoms with Crippen LogP contribution in [0.2, 0.25) is 0 Å². The van der Waals surface area contributed by atoms with Gasteiger partial charge < -0.3 is 15.5 Å². The van der Waals surface area contributed by atoms with Crippen molar-refractivity contribution >= 4 is 27.4 Å². The first kappa shape index (κ1) is 19.8. The number of carbonyl (C=O) groups excluding carboxylic acids is 1. The fourth-order valence-corrected chi connectivity index (χ4v) is 5.76. The summed E-state index contributed by atoms with van der Waals surface area (Å²) in [5.41, 5.74) is 10.9. The van der Waals surface area contributed by atoms with Gasteiger partial charge in [-0.15, -0.1) is 0 Å². The van der Waals surface area contributed by atoms with Gasteiger partial charge in [-0.05, 0) is 72.2 Å². The number of hydrogen-bond acceptors (Lipinski definition) is 4. The number of methoxy groups -OCH3 is 1. The van der Waals surface area contributed by atoms with E-state index in [1.165, 1.54) is 0 Å². The Morgan fingerprint density at radius 3 is 2.52 bits per heavy atom. The Kier molecular flexibility index (Phi) is 5.06. The average Bonchev–Trinajstić information content (AvgIpc) is 3.11. The minimum Gasteiger partial charge on any atom is -0.496 e. The lowest BCUT2D eigenvalue weighted by atomic mass is 9.90. The van der Waals surface area contributed by atoms with Crippen LogP contribution in [0.15, 0.2) is 36.5 Å². The lowest BCUT2D eigenvalue weighted by molar-refractivity contribution is 0.100. The zero-order chi connectivity index (χ0) is 20.8. The molecule has 0 spiro atoms. The average molecular weight is 415 g/mol. The normalized spacial score (nSPS) is 17.9. The van der Waals surface area contributed by atoms with Gasteiger partial charge in [-0.3, -0.25) is 13.9 Å². The molecule has 0 atom stereocenters. The molecule has 6 nitrogen and oxygen atoms in total. The Morgan fingerprint density at radius 2 is 1.90 bits per heavy atom. The molecule has 0 radical (unpaired) electrons. The molecule has 154 valence electrons. The van der Waals surface area contributed by atoms with E-state index in [-0.39, 0.29) is 5.92 Å². The SMILES string of the molecule is COc1ccc(-c2cc(C(N)=O)c3[nH]cc(C4CCS(O)(O)CC4)c3c2)cc1C. The predicted molar refractivity (Wildman–Crippen MR) is 118 cm³/mol. The first-order valence-electron chi connectivity index (χ1n) is 9.62. The highest BCUT2D eigenvalue weighted by Crippen LogP contribution is 2.49. The van der Waals surface area contributed by atoms with Gasteiger partial charge in [0, 0.05) is 23.1 Å². The predicted octanol–water partition coefficient (Wildman–Crippen LogP) is 4.88. The summed E-state index contributed by atoms with van der Waals surface area (Å²) in [4.78, 5) is 15.4. The first-order chi connectivity index (χ1) is 13.8. The monoisotopic (exact) mass is 414 g/mol. The van der Waals surface area contributed by atoms with Crippen molar-refractivity contribution in [3.05, 3.63) is 53.2 Å². The number of nitrogens with one attached hydrogen (secondary N) is 1. The molecule has 2 aromatic carbocycles. The fraction of sp³-hybridized carbons (Fsp3) is 0.318. The smallest absolute Gasteiger partial charge is 0.250 e. The Labute approximate surface area is 171 Å². The molecule has 4 rings (SSSR count). The van der Waals surface area contributed by atoms with Crippen LogP contribution < -0.4 is 10.5 Å². The van der Waals surface area contributed by atoms with Crippen molar-refractivity contribution in [2.24, 2.45) is 5.73 Å². The van der Waals surface area contributed by atoms with Crippen molar-refractivity contribution in [1.29, 1.82) is 0 Å². The third kappa shape index (κ3) is 3.73. The lowest BCUT2D eigenvalue weighted by Crippen LogP contribution is -2.19. The van der Waals surface area contributed by atoms with E-state index in [1.807, 2.05) is 37.4 Å². The van der Waals surface area contributed by atoms with Crippen molar-refractivity contribution < 1.29 is 18.6 Å². The lowest BCUT2D eigenvalue weighted by Gasteiger charge is -2.39. The second kappa shape index (κ2) is 7.40. The molecular weight excluding hydrogens is 388 g/mol. The Morgan fingerprint density at radius 1 is 1.17 bits per heavy atom. The number of rotatable bonds is 4. The molecule has 1 aliphatic rings. The molecule has 3 aromatic rings. The molecule has 7 heteroatoms. The zero-order valence-electron chi connectivity index (χ0n) is 16.6. The molecule has 1 aliphatic heterocycles. The number of aromatic nitrogens is 1. The van der Waals surface area contributed by atoms with Gasteiger partial charge in [0.05, 0.1) is 18.2 Å². The summed E-state index contributed by atoms with van der Waals surface area (Å²) in [7, 11) is -0.797. The van der Waals surface area contributed by atoms with E-state index in [4.69, 9.17) is 10.5 Å². The molecule has 2 heterocycles. The molecule has 0 unspecified atom stereocenters. The number of amides is 1. The van der Waals surface area contributed by atoms with Gasteiger partial charge in [-0.1, -0.05) is 6.07 Å². The highest BCUT2D eigenvalue weighted by molar-refractivity contribution is 8.24. The van der Waals surface area contributed by atoms with Crippen molar-refractivity contribution in [3.8, 4) is 16.9 Å². The topological polar surface area (TPSA) is 109 Å². The van der Waals surface area contributed by atoms with Crippen LogP contribution in [0.1, 0.15) is 40.2 Å². The molecule has 29 heavy (non-hydrogen) atoms. The van der Waals surface area contributed by atoms with Gasteiger partial charge in [0.25, 0.3) is 5.91 Å². The van der Waals surface area contributed by atoms with Crippen LogP contribution in [0.5, 0.6) is 5.75 Å². The van der Waals surface area contributed by atoms with E-state index in [0.29, 0.717) is 29.9 Å². The molecule has 1 amide bonds. The summed E-state index contributed by atoms with van der Waals surface area (Å²) < 4.78 is 25.2. The second-order valence-electron chi connectivity index (χ2n) is 7.72. The maximum absolute atomic E-state index is 12.2. The fourth-order valence-electron chi connectivity index (χ4n) is 4.23. The number of ether oxygens (including phenoxy) is 1. The molecule has 1 fully saturated rings. The van der Waals surface area contributed by atoms with Crippen molar-refractivity contribution in [2.75, 3.05) is 18.6 Å². The maximum atomic E-state index is 12.2. The molecule has 0 bridgehead atoms. The van der Waals surface area contributed by atoms with Gasteiger partial charge in [0.2, 0.25) is 0 Å². The minimum atomic E-state index is -2.44. The maximum Gasteiger partial charge on any atom is 0.250 e. The number of aromatic amines is 1. The van der Waals surface area contributed by atoms with Crippen LogP contribution in [-0.2, 0) is 0 Å². The number of fused-ring (bicyclic) bond motifs is 1. The van der Waals surface area contributed by atoms with Crippen LogP contribution in [0.25, 0.3) is 22.0 Å². The van der Waals surface area contributed by atoms with Crippen LogP contribution in [0.3, 0.4) is 0 Å². The van der Waals surface area contributed by atoms with Crippen LogP contribution in [0, 0.1) is 6.92 Å². The van der Waals surface area contributed by atoms with Crippen molar-refractivity contribution in [2.45, 2.75) is 25.7 Å². The highest BCUT2D eigenvalue weighted by Gasteiger charge is 2.27. The number of benzene rings is 2. The molecule has 1 aromatic heterocycles. The summed E-state index contributed by atoms with van der Waals surface area (Å²) in [5.74, 6) is 1.40. The third-order valence-electron chi connectivity index (χ3n) is 5.84. The van der Waals surface area contributed by atoms with Gasteiger partial charge >= 0.3 is 0 Å². The van der Waals surface area contributed by atoms with Crippen molar-refractivity contribution in [3.63, 3.8) is 0 Å². The van der Waals surface area contributed by atoms with Gasteiger partial charge in [0.1, 0.15) is 5.75 Å². The Hall–Kier alpha value is -2.48. The second-order valence-corrected chi connectivity index (χ2v) is 10.1. The van der Waals surface area contributed by atoms with E-state index >= 15 is 0 Å². The van der Waals surface area contributed by atoms with E-state index in [2.05, 4.69) is 11.1 Å². The number of primary amides is 1. The number of hydrogen-bond donors (Lipinski definition) is 4. The van der Waals surface area contributed by atoms with E-state index in [9.17, 15) is 13.9 Å². The summed E-state index contributed by atoms with van der Waals surface area (Å²) >= 11 is 0. The van der Waals surface area contributed by atoms with Crippen molar-refractivity contribution in [1.82, 2.24) is 4.98 Å². The van der Waals surface area contributed by atoms with E-state index in [0.717, 1.165) is 38.9 Å². The Balaban J connectivity index is 1.83. The summed E-state index contributed by atoms with van der Waals surface area (Å²) in [6.07, 6.45) is 3.36. The van der Waals surface area contributed by atoms with E-state index < -0.39 is 16.5 Å². The molecule has 0 aliphatic carbocycles. The quantitative estimate of drug-likeness (QED) is 0.488. The minimum absolute atomic E-state index is 0.220. The zero-order valence-corrected chi connectivity index (χ0v) is 17.4. The molecular formula is C22H26N2O4S. The largest absolute Gasteiger partial charge is 0.496 e. The summed E-state index contributed by atoms with van der Waals surface area (Å²) in [6, 6.07) is 9.83. The van der Waals surface area contributed by atoms with Crippen LogP contribution in [0.4, 0.5) is 0 Å². The van der Waals surface area contributed by atoms with Crippen LogP contribution >= 0.6 is 10.6 Å². The van der Waals surface area contributed by atoms with E-state index in [1.54, 1.807) is 7.11 Å². The summed E-state index contributed by atoms with van der Waals surface area (Å²) in [5, 5.41) is 0.966. The highest BCUT2D eigenvalue weighted by atomic mass is 32.3. The van der Waals surface area contributed by atoms with Gasteiger partial charge in [0.15, 0.2) is 0 Å². The third-order valence-corrected chi connectivity index (χ3v) is 7.62. The standard InChI is InChI=1S/C22H26N2O4S/c1-13-9-15(3-4-20(13)28-2)16-10-17-19(14-5-7-29(26,27)8-6-14)12-24-21(17)18(11-16)22(23)25/h3-4,9-12,14,24,26-27H,5-8H2,1-2H3,(H2,23,25). The number of aryl methyl sites for hydroxylation is 1. The Bertz CT molecular complexity index is 1080. The molecule has 1 saturated heterocycles. The van der Waals surface area contributed by atoms with Crippen LogP contribution in [-0.4, -0.2) is 38.6 Å². The molecule has 0 saturated carbocycles. The van der Waals surface area contributed by atoms with Gasteiger partial charge in [-0.25, -0.2) is 0 Å². The number of nitrogens with two attached hydrogens (primary N) is 1.